The molecular formula is C15H24BrN. The fourth-order valence-corrected chi connectivity index (χ4v) is 1.73. The molecule has 0 bridgehead atoms. The highest BCUT2D eigenvalue weighted by molar-refractivity contribution is 8.93. The Balaban J connectivity index is 0. The summed E-state index contributed by atoms with van der Waals surface area (Å²) in [6.07, 6.45) is 12.7. The van der Waals surface area contributed by atoms with Crippen LogP contribution >= 0.6 is 17.0 Å². The van der Waals surface area contributed by atoms with Crippen molar-refractivity contribution in [2.45, 2.75) is 31.2 Å². The molecule has 0 rings (SSSR count). The number of halogens is 1. The first-order valence-electron chi connectivity index (χ1n) is 5.56. The van der Waals surface area contributed by atoms with Crippen molar-refractivity contribution in [1.29, 1.82) is 0 Å². The van der Waals surface area contributed by atoms with Gasteiger partial charge in [0.2, 0.25) is 0 Å². The first kappa shape index (κ1) is 18.5. The zero-order chi connectivity index (χ0) is 12.4. The largest absolute Gasteiger partial charge is 0.321 e. The van der Waals surface area contributed by atoms with Gasteiger partial charge < -0.3 is 5.73 Å². The molecule has 2 N–H and O–H groups in total. The SMILES string of the molecule is Br.C=CC/C=C(\CC=C)C(N)(CC=C)CC=C. The molecule has 0 spiro atoms. The first-order valence-corrected chi connectivity index (χ1v) is 5.56. The van der Waals surface area contributed by atoms with Gasteiger partial charge in [0.05, 0.1) is 0 Å². The van der Waals surface area contributed by atoms with Crippen LogP contribution in [0.15, 0.2) is 62.3 Å². The molecule has 0 saturated carbocycles. The molecule has 0 saturated heterocycles. The van der Waals surface area contributed by atoms with Crippen LogP contribution in [0.25, 0.3) is 0 Å². The van der Waals surface area contributed by atoms with E-state index in [1.807, 2.05) is 24.3 Å². The van der Waals surface area contributed by atoms with E-state index in [4.69, 9.17) is 5.73 Å². The summed E-state index contributed by atoms with van der Waals surface area (Å²) in [6.45, 7) is 15.0. The molecule has 0 aliphatic heterocycles. The molecule has 0 aromatic heterocycles. The van der Waals surface area contributed by atoms with Crippen LogP contribution in [0.1, 0.15) is 25.7 Å². The van der Waals surface area contributed by atoms with E-state index in [2.05, 4.69) is 32.4 Å². The highest BCUT2D eigenvalue weighted by Gasteiger charge is 2.25. The van der Waals surface area contributed by atoms with Crippen LogP contribution in [-0.4, -0.2) is 5.54 Å². The second-order valence-corrected chi connectivity index (χ2v) is 3.89. The summed E-state index contributed by atoms with van der Waals surface area (Å²) in [5.74, 6) is 0. The molecule has 0 aliphatic rings. The predicted octanol–water partition coefficient (Wildman–Crippen LogP) is 4.49. The maximum atomic E-state index is 6.40. The molecule has 0 atom stereocenters. The van der Waals surface area contributed by atoms with Crippen molar-refractivity contribution in [3.8, 4) is 0 Å². The summed E-state index contributed by atoms with van der Waals surface area (Å²) < 4.78 is 0. The number of nitrogens with two attached hydrogens (primary N) is 1. The zero-order valence-electron chi connectivity index (χ0n) is 10.5. The Labute approximate surface area is 116 Å². The lowest BCUT2D eigenvalue weighted by Crippen LogP contribution is -2.40. The van der Waals surface area contributed by atoms with Crippen LogP contribution < -0.4 is 5.73 Å². The summed E-state index contributed by atoms with van der Waals surface area (Å²) >= 11 is 0. The molecule has 0 radical (unpaired) electrons. The van der Waals surface area contributed by atoms with E-state index >= 15 is 0 Å². The van der Waals surface area contributed by atoms with Crippen molar-refractivity contribution in [3.05, 3.63) is 62.3 Å². The highest BCUT2D eigenvalue weighted by atomic mass is 79.9. The van der Waals surface area contributed by atoms with Crippen LogP contribution in [0.5, 0.6) is 0 Å². The summed E-state index contributed by atoms with van der Waals surface area (Å²) in [6, 6.07) is 0. The Morgan fingerprint density at radius 1 is 0.941 bits per heavy atom. The van der Waals surface area contributed by atoms with Crippen molar-refractivity contribution in [3.63, 3.8) is 0 Å². The van der Waals surface area contributed by atoms with Crippen LogP contribution in [0.2, 0.25) is 0 Å². The molecule has 0 aromatic rings. The average Bonchev–Trinajstić information content (AvgIpc) is 2.24. The molecule has 1 nitrogen and oxygen atoms in total. The minimum atomic E-state index is -0.374. The number of hydrogen-bond acceptors (Lipinski definition) is 1. The predicted molar refractivity (Wildman–Crippen MR) is 84.6 cm³/mol. The third kappa shape index (κ3) is 6.44. The maximum absolute atomic E-state index is 6.40. The third-order valence-corrected chi connectivity index (χ3v) is 2.55. The lowest BCUT2D eigenvalue weighted by Gasteiger charge is -2.30. The summed E-state index contributed by atoms with van der Waals surface area (Å²) in [5, 5.41) is 0. The quantitative estimate of drug-likeness (QED) is 0.623. The topological polar surface area (TPSA) is 26.0 Å². The van der Waals surface area contributed by atoms with Gasteiger partial charge >= 0.3 is 0 Å². The number of rotatable bonds is 9. The van der Waals surface area contributed by atoms with Gasteiger partial charge in [0.15, 0.2) is 0 Å². The van der Waals surface area contributed by atoms with Gasteiger partial charge in [0.1, 0.15) is 0 Å². The highest BCUT2D eigenvalue weighted by Crippen LogP contribution is 2.26. The van der Waals surface area contributed by atoms with E-state index in [9.17, 15) is 0 Å². The van der Waals surface area contributed by atoms with Crippen LogP contribution in [0.4, 0.5) is 0 Å². The lowest BCUT2D eigenvalue weighted by molar-refractivity contribution is 0.501. The van der Waals surface area contributed by atoms with Crippen LogP contribution in [-0.2, 0) is 0 Å². The van der Waals surface area contributed by atoms with E-state index in [0.29, 0.717) is 0 Å². The molecule has 0 aromatic carbocycles. The minimum absolute atomic E-state index is 0. The number of allylic oxidation sites excluding steroid dienone is 3. The molecular weight excluding hydrogens is 274 g/mol. The van der Waals surface area contributed by atoms with Gasteiger partial charge in [-0.25, -0.2) is 0 Å². The normalized spacial score (nSPS) is 11.2. The van der Waals surface area contributed by atoms with E-state index in [1.165, 1.54) is 5.57 Å². The summed E-state index contributed by atoms with van der Waals surface area (Å²) in [7, 11) is 0. The molecule has 0 heterocycles. The van der Waals surface area contributed by atoms with Crippen molar-refractivity contribution in [2.75, 3.05) is 0 Å². The average molecular weight is 298 g/mol. The first-order chi connectivity index (χ1) is 7.64. The van der Waals surface area contributed by atoms with Gasteiger partial charge in [-0.2, -0.15) is 0 Å². The zero-order valence-corrected chi connectivity index (χ0v) is 12.2. The Kier molecular flexibility index (Phi) is 11.2. The van der Waals surface area contributed by atoms with Gasteiger partial charge in [-0.3, -0.25) is 0 Å². The van der Waals surface area contributed by atoms with E-state index in [0.717, 1.165) is 25.7 Å². The second-order valence-electron chi connectivity index (χ2n) is 3.89. The maximum Gasteiger partial charge on any atom is 0.0441 e. The van der Waals surface area contributed by atoms with Gasteiger partial charge in [-0.15, -0.1) is 43.3 Å². The Morgan fingerprint density at radius 2 is 1.47 bits per heavy atom. The Hall–Kier alpha value is -0.860. The van der Waals surface area contributed by atoms with Crippen molar-refractivity contribution in [1.82, 2.24) is 0 Å². The van der Waals surface area contributed by atoms with E-state index < -0.39 is 0 Å². The van der Waals surface area contributed by atoms with Crippen molar-refractivity contribution in [2.24, 2.45) is 5.73 Å². The van der Waals surface area contributed by atoms with E-state index in [1.54, 1.807) is 0 Å². The van der Waals surface area contributed by atoms with E-state index in [-0.39, 0.29) is 22.5 Å². The number of hydrogen-bond donors (Lipinski definition) is 1. The minimum Gasteiger partial charge on any atom is -0.321 e. The third-order valence-electron chi connectivity index (χ3n) is 2.55. The molecule has 17 heavy (non-hydrogen) atoms. The van der Waals surface area contributed by atoms with Crippen LogP contribution in [0, 0.1) is 0 Å². The second kappa shape index (κ2) is 10.3. The van der Waals surface area contributed by atoms with Crippen molar-refractivity contribution < 1.29 is 0 Å². The Morgan fingerprint density at radius 3 is 1.82 bits per heavy atom. The molecule has 0 fully saturated rings. The standard InChI is InChI=1S/C15H23N.BrH/c1-5-9-11-14(10-6-2)15(16,12-7-3)13-8-4;/h5-8,11H,1-4,9-10,12-13,16H2;1H/b14-11+;. The molecule has 0 amide bonds. The smallest absolute Gasteiger partial charge is 0.0441 e. The fourth-order valence-electron chi connectivity index (χ4n) is 1.73. The molecule has 96 valence electrons. The fraction of sp³-hybridized carbons (Fsp3) is 0.333. The summed E-state index contributed by atoms with van der Waals surface area (Å²) in [4.78, 5) is 0. The van der Waals surface area contributed by atoms with Crippen molar-refractivity contribution >= 4 is 17.0 Å². The molecule has 0 unspecified atom stereocenters. The van der Waals surface area contributed by atoms with Gasteiger partial charge in [0.25, 0.3) is 0 Å². The monoisotopic (exact) mass is 297 g/mol. The van der Waals surface area contributed by atoms with Gasteiger partial charge in [-0.1, -0.05) is 30.4 Å². The molecule has 2 heteroatoms. The van der Waals surface area contributed by atoms with Gasteiger partial charge in [0, 0.05) is 5.54 Å². The van der Waals surface area contributed by atoms with Gasteiger partial charge in [-0.05, 0) is 31.3 Å². The van der Waals surface area contributed by atoms with Crippen LogP contribution in [0.3, 0.4) is 0 Å². The lowest BCUT2D eigenvalue weighted by atomic mass is 9.82. The summed E-state index contributed by atoms with van der Waals surface area (Å²) in [5.41, 5.74) is 7.21. The Bertz CT molecular complexity index is 279. The molecule has 0 aliphatic carbocycles.